The van der Waals surface area contributed by atoms with Gasteiger partial charge in [-0.15, -0.1) is 0 Å². The molecule has 1 aliphatic rings. The van der Waals surface area contributed by atoms with Crippen LogP contribution >= 0.6 is 0 Å². The van der Waals surface area contributed by atoms with Crippen LogP contribution in [0.15, 0.2) is 18.2 Å². The Morgan fingerprint density at radius 1 is 1.45 bits per heavy atom. The lowest BCUT2D eigenvalue weighted by Gasteiger charge is -2.34. The van der Waals surface area contributed by atoms with Gasteiger partial charge in [-0.2, -0.15) is 0 Å². The molecule has 0 radical (unpaired) electrons. The number of nitrogens with one attached hydrogen (secondary N) is 1. The quantitative estimate of drug-likeness (QED) is 0.926. The highest BCUT2D eigenvalue weighted by Crippen LogP contribution is 2.18. The summed E-state index contributed by atoms with van der Waals surface area (Å²) in [4.78, 5) is 14.0. The third-order valence-corrected chi connectivity index (χ3v) is 3.82. The van der Waals surface area contributed by atoms with Crippen LogP contribution in [0, 0.1) is 11.6 Å². The van der Waals surface area contributed by atoms with E-state index in [9.17, 15) is 13.6 Å². The molecule has 0 bridgehead atoms. The number of nitrogens with zero attached hydrogens (tertiary/aromatic N) is 1. The van der Waals surface area contributed by atoms with Gasteiger partial charge in [0, 0.05) is 18.7 Å². The van der Waals surface area contributed by atoms with E-state index < -0.39 is 11.6 Å². The monoisotopic (exact) mass is 312 g/mol. The molecule has 1 saturated heterocycles. The van der Waals surface area contributed by atoms with Crippen molar-refractivity contribution in [3.05, 3.63) is 29.8 Å². The molecular formula is C16H22F2N2O2. The predicted molar refractivity (Wildman–Crippen MR) is 79.9 cm³/mol. The normalized spacial score (nSPS) is 19.6. The van der Waals surface area contributed by atoms with E-state index in [1.54, 1.807) is 6.92 Å². The van der Waals surface area contributed by atoms with E-state index in [1.807, 2.05) is 11.8 Å². The second-order valence-corrected chi connectivity index (χ2v) is 5.77. The van der Waals surface area contributed by atoms with Gasteiger partial charge in [0.25, 0.3) is 0 Å². The van der Waals surface area contributed by atoms with Crippen molar-refractivity contribution < 1.29 is 18.3 Å². The Balaban J connectivity index is 1.82. The summed E-state index contributed by atoms with van der Waals surface area (Å²) in [7, 11) is 0. The number of likely N-dealkylation sites (tertiary alicyclic amines) is 1. The molecule has 6 heteroatoms. The van der Waals surface area contributed by atoms with E-state index in [2.05, 4.69) is 5.32 Å². The second kappa shape index (κ2) is 7.42. The minimum absolute atomic E-state index is 0.0196. The molecule has 2 unspecified atom stereocenters. The maximum atomic E-state index is 13.4. The van der Waals surface area contributed by atoms with Gasteiger partial charge in [-0.1, -0.05) is 0 Å². The number of halogens is 2. The first kappa shape index (κ1) is 16.5. The molecule has 0 aliphatic carbocycles. The van der Waals surface area contributed by atoms with Gasteiger partial charge in [0.1, 0.15) is 12.4 Å². The zero-order valence-electron chi connectivity index (χ0n) is 12.9. The smallest absolute Gasteiger partial charge is 0.317 e. The number of ether oxygens (including phenoxy) is 1. The van der Waals surface area contributed by atoms with Gasteiger partial charge < -0.3 is 15.0 Å². The Kier molecular flexibility index (Phi) is 5.57. The summed E-state index contributed by atoms with van der Waals surface area (Å²) in [6, 6.07) is 2.99. The van der Waals surface area contributed by atoms with E-state index >= 15 is 0 Å². The minimum atomic E-state index is -0.747. The molecule has 1 fully saturated rings. The molecule has 0 spiro atoms. The topological polar surface area (TPSA) is 41.6 Å². The zero-order chi connectivity index (χ0) is 16.1. The van der Waals surface area contributed by atoms with E-state index in [1.165, 1.54) is 6.07 Å². The molecule has 0 aromatic heterocycles. The van der Waals surface area contributed by atoms with Crippen molar-refractivity contribution in [1.82, 2.24) is 10.2 Å². The maximum absolute atomic E-state index is 13.4. The first-order valence-corrected chi connectivity index (χ1v) is 7.62. The molecule has 4 nitrogen and oxygen atoms in total. The number of piperidine rings is 1. The second-order valence-electron chi connectivity index (χ2n) is 5.77. The molecule has 22 heavy (non-hydrogen) atoms. The van der Waals surface area contributed by atoms with Crippen molar-refractivity contribution in [3.8, 4) is 5.75 Å². The Morgan fingerprint density at radius 3 is 2.91 bits per heavy atom. The molecule has 1 aromatic carbocycles. The number of benzene rings is 1. The van der Waals surface area contributed by atoms with E-state index in [0.717, 1.165) is 37.9 Å². The summed E-state index contributed by atoms with van der Waals surface area (Å²) >= 11 is 0. The Bertz CT molecular complexity index is 525. The Hall–Kier alpha value is -1.85. The average molecular weight is 312 g/mol. The number of hydrogen-bond acceptors (Lipinski definition) is 2. The molecule has 1 aromatic rings. The Labute approximate surface area is 129 Å². The average Bonchev–Trinajstić information content (AvgIpc) is 2.46. The molecular weight excluding hydrogens is 290 g/mol. The van der Waals surface area contributed by atoms with Gasteiger partial charge in [-0.25, -0.2) is 13.6 Å². The Morgan fingerprint density at radius 2 is 2.23 bits per heavy atom. The minimum Gasteiger partial charge on any atom is -0.488 e. The first-order chi connectivity index (χ1) is 10.5. The van der Waals surface area contributed by atoms with Crippen LogP contribution in [0.4, 0.5) is 13.6 Å². The number of carbonyl (C=O) groups excluding carboxylic acids is 1. The SMILES string of the molecule is CC(COc1ccc(F)cc1F)NC(=O)N1CCCCC1C. The number of carbonyl (C=O) groups is 1. The highest BCUT2D eigenvalue weighted by molar-refractivity contribution is 5.74. The number of urea groups is 1. The van der Waals surface area contributed by atoms with Crippen LogP contribution < -0.4 is 10.1 Å². The van der Waals surface area contributed by atoms with Crippen LogP contribution in [0.25, 0.3) is 0 Å². The molecule has 1 N–H and O–H groups in total. The molecule has 0 saturated carbocycles. The van der Waals surface area contributed by atoms with Crippen LogP contribution in [-0.2, 0) is 0 Å². The van der Waals surface area contributed by atoms with Crippen molar-refractivity contribution in [2.45, 2.75) is 45.2 Å². The number of amides is 2. The van der Waals surface area contributed by atoms with Gasteiger partial charge in [0.15, 0.2) is 11.6 Å². The number of rotatable bonds is 4. The van der Waals surface area contributed by atoms with E-state index in [-0.39, 0.29) is 30.5 Å². The lowest BCUT2D eigenvalue weighted by Crippen LogP contribution is -2.50. The van der Waals surface area contributed by atoms with E-state index in [0.29, 0.717) is 0 Å². The van der Waals surface area contributed by atoms with Crippen molar-refractivity contribution in [1.29, 1.82) is 0 Å². The predicted octanol–water partition coefficient (Wildman–Crippen LogP) is 3.32. The summed E-state index contributed by atoms with van der Waals surface area (Å²) < 4.78 is 31.5. The van der Waals surface area contributed by atoms with E-state index in [4.69, 9.17) is 4.74 Å². The molecule has 2 atom stereocenters. The summed E-state index contributed by atoms with van der Waals surface area (Å²) in [5, 5.41) is 2.85. The van der Waals surface area contributed by atoms with Gasteiger partial charge in [0.2, 0.25) is 0 Å². The van der Waals surface area contributed by atoms with Gasteiger partial charge >= 0.3 is 6.03 Å². The number of hydrogen-bond donors (Lipinski definition) is 1. The van der Waals surface area contributed by atoms with Crippen LogP contribution in [0.5, 0.6) is 5.75 Å². The fraction of sp³-hybridized carbons (Fsp3) is 0.562. The van der Waals surface area contributed by atoms with Crippen molar-refractivity contribution in [3.63, 3.8) is 0 Å². The van der Waals surface area contributed by atoms with Crippen LogP contribution in [-0.4, -0.2) is 36.2 Å². The molecule has 122 valence electrons. The molecule has 1 aliphatic heterocycles. The summed E-state index contributed by atoms with van der Waals surface area (Å²) in [5.41, 5.74) is 0. The van der Waals surface area contributed by atoms with Crippen LogP contribution in [0.3, 0.4) is 0 Å². The van der Waals surface area contributed by atoms with Gasteiger partial charge in [-0.3, -0.25) is 0 Å². The van der Waals surface area contributed by atoms with Crippen LogP contribution in [0.1, 0.15) is 33.1 Å². The fourth-order valence-electron chi connectivity index (χ4n) is 2.54. The summed E-state index contributed by atoms with van der Waals surface area (Å²) in [5.74, 6) is -1.41. The van der Waals surface area contributed by atoms with Crippen molar-refractivity contribution >= 4 is 6.03 Å². The lowest BCUT2D eigenvalue weighted by molar-refractivity contribution is 0.151. The largest absolute Gasteiger partial charge is 0.488 e. The summed E-state index contributed by atoms with van der Waals surface area (Å²) in [6.45, 7) is 4.70. The van der Waals surface area contributed by atoms with Crippen molar-refractivity contribution in [2.75, 3.05) is 13.2 Å². The molecule has 2 amide bonds. The third kappa shape index (κ3) is 4.32. The summed E-state index contributed by atoms with van der Waals surface area (Å²) in [6.07, 6.45) is 3.18. The van der Waals surface area contributed by atoms with Crippen molar-refractivity contribution in [2.24, 2.45) is 0 Å². The maximum Gasteiger partial charge on any atom is 0.317 e. The lowest BCUT2D eigenvalue weighted by atomic mass is 10.0. The first-order valence-electron chi connectivity index (χ1n) is 7.62. The fourth-order valence-corrected chi connectivity index (χ4v) is 2.54. The van der Waals surface area contributed by atoms with Crippen LogP contribution in [0.2, 0.25) is 0 Å². The molecule has 2 rings (SSSR count). The molecule has 1 heterocycles. The highest BCUT2D eigenvalue weighted by atomic mass is 19.1. The highest BCUT2D eigenvalue weighted by Gasteiger charge is 2.24. The standard InChI is InChI=1S/C16H22F2N2O2/c1-11(10-22-15-7-6-13(17)9-14(15)18)19-16(21)20-8-4-3-5-12(20)2/h6-7,9,11-12H,3-5,8,10H2,1-2H3,(H,19,21). The third-order valence-electron chi connectivity index (χ3n) is 3.82. The van der Waals surface area contributed by atoms with Gasteiger partial charge in [-0.05, 0) is 45.2 Å². The van der Waals surface area contributed by atoms with Gasteiger partial charge in [0.05, 0.1) is 6.04 Å². The zero-order valence-corrected chi connectivity index (χ0v) is 12.9.